The quantitative estimate of drug-likeness (QED) is 0.744. The molecule has 3 heterocycles. The summed E-state index contributed by atoms with van der Waals surface area (Å²) in [5.74, 6) is 0.906. The van der Waals surface area contributed by atoms with Gasteiger partial charge in [-0.1, -0.05) is 0 Å². The van der Waals surface area contributed by atoms with E-state index in [4.69, 9.17) is 4.74 Å². The third-order valence-corrected chi connectivity index (χ3v) is 3.18. The Balaban J connectivity index is 2.05. The summed E-state index contributed by atoms with van der Waals surface area (Å²) < 4.78 is 7.69. The lowest BCUT2D eigenvalue weighted by molar-refractivity contribution is 0.00915. The van der Waals surface area contributed by atoms with E-state index in [1.165, 1.54) is 6.42 Å². The zero-order valence-corrected chi connectivity index (χ0v) is 9.50. The Bertz CT molecular complexity index is 541. The molecule has 2 aromatic heterocycles. The maximum absolute atomic E-state index is 10.8. The van der Waals surface area contributed by atoms with E-state index in [1.54, 1.807) is 6.07 Å². The van der Waals surface area contributed by atoms with Crippen LogP contribution in [0.3, 0.4) is 0 Å². The Morgan fingerprint density at radius 3 is 3.12 bits per heavy atom. The van der Waals surface area contributed by atoms with Gasteiger partial charge in [0.1, 0.15) is 11.9 Å². The average Bonchev–Trinajstić information content (AvgIpc) is 2.82. The summed E-state index contributed by atoms with van der Waals surface area (Å²) in [7, 11) is 0. The molecule has 0 N–H and O–H groups in total. The Labute approximate surface area is 99.2 Å². The molecule has 0 saturated carbocycles. The van der Waals surface area contributed by atoms with Crippen molar-refractivity contribution in [3.63, 3.8) is 0 Å². The molecular weight excluding hydrogens is 216 g/mol. The van der Waals surface area contributed by atoms with Crippen molar-refractivity contribution in [3.8, 4) is 0 Å². The SMILES string of the molecule is O=Cc1ccc2cnc(C3CCCCO3)n2c1. The number of carbonyl (C=O) groups is 1. The van der Waals surface area contributed by atoms with Crippen LogP contribution >= 0.6 is 0 Å². The summed E-state index contributed by atoms with van der Waals surface area (Å²) in [6, 6.07) is 3.71. The number of pyridine rings is 1. The Kier molecular flexibility index (Phi) is 2.65. The first-order valence-corrected chi connectivity index (χ1v) is 5.92. The fourth-order valence-corrected chi connectivity index (χ4v) is 2.28. The largest absolute Gasteiger partial charge is 0.370 e. The summed E-state index contributed by atoms with van der Waals surface area (Å²) >= 11 is 0. The molecule has 1 atom stereocenters. The van der Waals surface area contributed by atoms with Crippen molar-refractivity contribution in [2.24, 2.45) is 0 Å². The van der Waals surface area contributed by atoms with Crippen LogP contribution in [-0.4, -0.2) is 22.3 Å². The molecule has 0 aromatic carbocycles. The van der Waals surface area contributed by atoms with Crippen molar-refractivity contribution in [2.75, 3.05) is 6.61 Å². The van der Waals surface area contributed by atoms with Gasteiger partial charge < -0.3 is 9.14 Å². The first kappa shape index (κ1) is 10.5. The second-order valence-electron chi connectivity index (χ2n) is 4.35. The van der Waals surface area contributed by atoms with Gasteiger partial charge in [0.05, 0.1) is 11.7 Å². The Morgan fingerprint density at radius 1 is 1.41 bits per heavy atom. The summed E-state index contributed by atoms with van der Waals surface area (Å²) in [5, 5.41) is 0. The first-order valence-electron chi connectivity index (χ1n) is 5.92. The smallest absolute Gasteiger partial charge is 0.151 e. The van der Waals surface area contributed by atoms with Crippen LogP contribution in [-0.2, 0) is 4.74 Å². The van der Waals surface area contributed by atoms with Gasteiger partial charge in [-0.25, -0.2) is 4.98 Å². The highest BCUT2D eigenvalue weighted by Crippen LogP contribution is 2.27. The molecule has 1 aliphatic rings. The summed E-state index contributed by atoms with van der Waals surface area (Å²) in [4.78, 5) is 15.2. The second kappa shape index (κ2) is 4.30. The van der Waals surface area contributed by atoms with Crippen LogP contribution < -0.4 is 0 Å². The van der Waals surface area contributed by atoms with Crippen LogP contribution in [0, 0.1) is 0 Å². The van der Waals surface area contributed by atoms with E-state index in [1.807, 2.05) is 22.9 Å². The highest BCUT2D eigenvalue weighted by atomic mass is 16.5. The van der Waals surface area contributed by atoms with E-state index >= 15 is 0 Å². The highest BCUT2D eigenvalue weighted by molar-refractivity contribution is 5.75. The van der Waals surface area contributed by atoms with Crippen LogP contribution in [0.25, 0.3) is 5.52 Å². The van der Waals surface area contributed by atoms with Crippen molar-refractivity contribution in [1.82, 2.24) is 9.38 Å². The first-order chi connectivity index (χ1) is 8.38. The van der Waals surface area contributed by atoms with Gasteiger partial charge in [-0.3, -0.25) is 4.79 Å². The molecule has 0 radical (unpaired) electrons. The predicted octanol–water partition coefficient (Wildman–Crippen LogP) is 2.39. The molecule has 0 aliphatic carbocycles. The van der Waals surface area contributed by atoms with E-state index in [9.17, 15) is 4.79 Å². The molecule has 17 heavy (non-hydrogen) atoms. The summed E-state index contributed by atoms with van der Waals surface area (Å²) in [5.41, 5.74) is 1.66. The number of imidazole rings is 1. The number of nitrogens with zero attached hydrogens (tertiary/aromatic N) is 2. The normalized spacial score (nSPS) is 20.6. The minimum Gasteiger partial charge on any atom is -0.370 e. The number of carbonyl (C=O) groups excluding carboxylic acids is 1. The van der Waals surface area contributed by atoms with Crippen LogP contribution in [0.5, 0.6) is 0 Å². The van der Waals surface area contributed by atoms with Crippen LogP contribution in [0.2, 0.25) is 0 Å². The zero-order chi connectivity index (χ0) is 11.7. The second-order valence-corrected chi connectivity index (χ2v) is 4.35. The molecule has 4 nitrogen and oxygen atoms in total. The lowest BCUT2D eigenvalue weighted by Crippen LogP contribution is -2.14. The molecule has 3 rings (SSSR count). The maximum Gasteiger partial charge on any atom is 0.151 e. The zero-order valence-electron chi connectivity index (χ0n) is 9.50. The molecule has 4 heteroatoms. The molecular formula is C13H14N2O2. The standard InChI is InChI=1S/C13H14N2O2/c16-9-10-4-5-11-7-14-13(15(11)8-10)12-3-1-2-6-17-12/h4-5,7-9,12H,1-3,6H2. The van der Waals surface area contributed by atoms with Crippen molar-refractivity contribution in [1.29, 1.82) is 0 Å². The third-order valence-electron chi connectivity index (χ3n) is 3.18. The van der Waals surface area contributed by atoms with E-state index in [0.717, 1.165) is 37.1 Å². The number of fused-ring (bicyclic) bond motifs is 1. The number of rotatable bonds is 2. The molecule has 1 fully saturated rings. The minimum absolute atomic E-state index is 0.0631. The van der Waals surface area contributed by atoms with Crippen molar-refractivity contribution < 1.29 is 9.53 Å². The minimum atomic E-state index is 0.0631. The van der Waals surface area contributed by atoms with Gasteiger partial charge in [0, 0.05) is 18.4 Å². The van der Waals surface area contributed by atoms with Crippen molar-refractivity contribution in [3.05, 3.63) is 35.9 Å². The maximum atomic E-state index is 10.8. The highest BCUT2D eigenvalue weighted by Gasteiger charge is 2.20. The van der Waals surface area contributed by atoms with Gasteiger partial charge in [0.25, 0.3) is 0 Å². The lowest BCUT2D eigenvalue weighted by atomic mass is 10.1. The predicted molar refractivity (Wildman–Crippen MR) is 63.1 cm³/mol. The number of hydrogen-bond acceptors (Lipinski definition) is 3. The molecule has 1 saturated heterocycles. The number of aromatic nitrogens is 2. The van der Waals surface area contributed by atoms with Gasteiger partial charge in [-0.15, -0.1) is 0 Å². The van der Waals surface area contributed by atoms with Crippen LogP contribution in [0.1, 0.15) is 41.5 Å². The van der Waals surface area contributed by atoms with Gasteiger partial charge in [-0.05, 0) is 31.4 Å². The summed E-state index contributed by atoms with van der Waals surface area (Å²) in [6.45, 7) is 0.799. The van der Waals surface area contributed by atoms with Gasteiger partial charge in [0.2, 0.25) is 0 Å². The fourth-order valence-electron chi connectivity index (χ4n) is 2.28. The number of ether oxygens (including phenoxy) is 1. The summed E-state index contributed by atoms with van der Waals surface area (Å²) in [6.07, 6.45) is 7.86. The monoisotopic (exact) mass is 230 g/mol. The van der Waals surface area contributed by atoms with Crippen LogP contribution in [0.15, 0.2) is 24.5 Å². The van der Waals surface area contributed by atoms with Gasteiger partial charge in [0.15, 0.2) is 6.29 Å². The van der Waals surface area contributed by atoms with E-state index in [-0.39, 0.29) is 6.10 Å². The van der Waals surface area contributed by atoms with E-state index < -0.39 is 0 Å². The molecule has 1 aliphatic heterocycles. The van der Waals surface area contributed by atoms with Crippen molar-refractivity contribution >= 4 is 11.8 Å². The number of aldehydes is 1. The Hall–Kier alpha value is -1.68. The molecule has 2 aromatic rings. The fraction of sp³-hybridized carbons (Fsp3) is 0.385. The van der Waals surface area contributed by atoms with Gasteiger partial charge in [-0.2, -0.15) is 0 Å². The van der Waals surface area contributed by atoms with E-state index in [0.29, 0.717) is 5.56 Å². The van der Waals surface area contributed by atoms with Crippen molar-refractivity contribution in [2.45, 2.75) is 25.4 Å². The lowest BCUT2D eigenvalue weighted by Gasteiger charge is -2.21. The van der Waals surface area contributed by atoms with Crippen LogP contribution in [0.4, 0.5) is 0 Å². The van der Waals surface area contributed by atoms with Gasteiger partial charge >= 0.3 is 0 Å². The number of hydrogen-bond donors (Lipinski definition) is 0. The molecule has 0 spiro atoms. The molecule has 0 amide bonds. The van der Waals surface area contributed by atoms with E-state index in [2.05, 4.69) is 4.98 Å². The Morgan fingerprint density at radius 2 is 2.35 bits per heavy atom. The average molecular weight is 230 g/mol. The molecule has 88 valence electrons. The molecule has 1 unspecified atom stereocenters. The topological polar surface area (TPSA) is 43.6 Å². The third kappa shape index (κ3) is 1.85. The molecule has 0 bridgehead atoms.